The van der Waals surface area contributed by atoms with Gasteiger partial charge in [0.15, 0.2) is 5.69 Å². The van der Waals surface area contributed by atoms with Crippen LogP contribution < -0.4 is 11.2 Å². The number of carbonyl (C=O) groups is 1. The molecule has 2 rings (SSSR count). The predicted octanol–water partition coefficient (Wildman–Crippen LogP) is 1.27. The average molecular weight is 221 g/mol. The maximum absolute atomic E-state index is 11.6. The summed E-state index contributed by atoms with van der Waals surface area (Å²) in [6, 6.07) is 3.32. The number of nitrogens with two attached hydrogens (primary N) is 1. The van der Waals surface area contributed by atoms with Crippen molar-refractivity contribution in [3.63, 3.8) is 0 Å². The van der Waals surface area contributed by atoms with Gasteiger partial charge in [0.2, 0.25) is 0 Å². The van der Waals surface area contributed by atoms with Crippen LogP contribution in [0.1, 0.15) is 36.2 Å². The smallest absolute Gasteiger partial charge is 0.295 e. The minimum absolute atomic E-state index is 0.133. The van der Waals surface area contributed by atoms with Crippen molar-refractivity contribution >= 4 is 11.6 Å². The zero-order valence-electron chi connectivity index (χ0n) is 8.98. The van der Waals surface area contributed by atoms with Gasteiger partial charge < -0.3 is 5.73 Å². The molecule has 1 fully saturated rings. The number of carbonyl (C=O) groups excluding carboxylic acids is 1. The summed E-state index contributed by atoms with van der Waals surface area (Å²) in [7, 11) is 0. The summed E-state index contributed by atoms with van der Waals surface area (Å²) in [6.07, 6.45) is 5.98. The summed E-state index contributed by atoms with van der Waals surface area (Å²) in [5.41, 5.74) is 8.59. The molecule has 1 aromatic heterocycles. The van der Waals surface area contributed by atoms with Gasteiger partial charge in [-0.3, -0.25) is 9.63 Å². The molecule has 0 unspecified atom stereocenters. The van der Waals surface area contributed by atoms with Gasteiger partial charge in [0.05, 0.1) is 11.8 Å². The Hall–Kier alpha value is -1.62. The molecule has 1 amide bonds. The lowest BCUT2D eigenvalue weighted by molar-refractivity contribution is -0.0127. The van der Waals surface area contributed by atoms with E-state index >= 15 is 0 Å². The van der Waals surface area contributed by atoms with Gasteiger partial charge in [-0.25, -0.2) is 10.5 Å². The number of rotatable bonds is 3. The summed E-state index contributed by atoms with van der Waals surface area (Å²) in [5, 5.41) is 0. The Bertz CT molecular complexity index is 375. The number of nitrogens with one attached hydrogen (secondary N) is 1. The number of anilines is 1. The number of hydrogen-bond acceptors (Lipinski definition) is 4. The van der Waals surface area contributed by atoms with Crippen molar-refractivity contribution in [1.29, 1.82) is 0 Å². The minimum Gasteiger partial charge on any atom is -0.397 e. The molecule has 16 heavy (non-hydrogen) atoms. The van der Waals surface area contributed by atoms with Crippen molar-refractivity contribution in [2.45, 2.75) is 31.8 Å². The van der Waals surface area contributed by atoms with E-state index in [9.17, 15) is 4.79 Å². The van der Waals surface area contributed by atoms with Gasteiger partial charge >= 0.3 is 0 Å². The van der Waals surface area contributed by atoms with Crippen molar-refractivity contribution in [1.82, 2.24) is 10.5 Å². The Morgan fingerprint density at radius 3 is 2.94 bits per heavy atom. The molecule has 5 heteroatoms. The van der Waals surface area contributed by atoms with Crippen LogP contribution in [0.3, 0.4) is 0 Å². The SMILES string of the molecule is Nc1cccnc1C(=O)NOC1CCCC1. The van der Waals surface area contributed by atoms with Crippen LogP contribution in [0.5, 0.6) is 0 Å². The normalized spacial score (nSPS) is 16.2. The van der Waals surface area contributed by atoms with Crippen molar-refractivity contribution < 1.29 is 9.63 Å². The van der Waals surface area contributed by atoms with Gasteiger partial charge in [0, 0.05) is 6.20 Å². The molecule has 1 aromatic rings. The van der Waals surface area contributed by atoms with Crippen molar-refractivity contribution in [3.05, 3.63) is 24.0 Å². The Balaban J connectivity index is 1.90. The lowest BCUT2D eigenvalue weighted by atomic mass is 10.3. The molecule has 1 saturated carbocycles. The van der Waals surface area contributed by atoms with Gasteiger partial charge in [-0.05, 0) is 25.0 Å². The predicted molar refractivity (Wildman–Crippen MR) is 59.5 cm³/mol. The van der Waals surface area contributed by atoms with Crippen molar-refractivity contribution in [3.8, 4) is 0 Å². The van der Waals surface area contributed by atoms with E-state index in [0.717, 1.165) is 25.7 Å². The summed E-state index contributed by atoms with van der Waals surface area (Å²) >= 11 is 0. The highest BCUT2D eigenvalue weighted by Crippen LogP contribution is 2.20. The zero-order chi connectivity index (χ0) is 11.4. The Morgan fingerprint density at radius 2 is 2.25 bits per heavy atom. The van der Waals surface area contributed by atoms with E-state index in [1.165, 1.54) is 6.20 Å². The standard InChI is InChI=1S/C11H15N3O2/c12-9-6-3-7-13-10(9)11(15)14-16-8-4-1-2-5-8/h3,6-8H,1-2,4-5,12H2,(H,14,15). The molecular weight excluding hydrogens is 206 g/mol. The first kappa shape index (κ1) is 10.9. The van der Waals surface area contributed by atoms with Gasteiger partial charge in [0.25, 0.3) is 5.91 Å². The highest BCUT2D eigenvalue weighted by atomic mass is 16.7. The lowest BCUT2D eigenvalue weighted by Crippen LogP contribution is -2.29. The quantitative estimate of drug-likeness (QED) is 0.753. The number of hydroxylamine groups is 1. The van der Waals surface area contributed by atoms with Crippen molar-refractivity contribution in [2.75, 3.05) is 5.73 Å². The Labute approximate surface area is 94.0 Å². The number of nitrogens with zero attached hydrogens (tertiary/aromatic N) is 1. The molecule has 5 nitrogen and oxygen atoms in total. The highest BCUT2D eigenvalue weighted by Gasteiger charge is 2.18. The number of aromatic nitrogens is 1. The first-order chi connectivity index (χ1) is 7.77. The van der Waals surface area contributed by atoms with Crippen LogP contribution in [0.4, 0.5) is 5.69 Å². The van der Waals surface area contributed by atoms with Gasteiger partial charge in [-0.15, -0.1) is 0 Å². The summed E-state index contributed by atoms with van der Waals surface area (Å²) < 4.78 is 0. The first-order valence-electron chi connectivity index (χ1n) is 5.44. The molecule has 1 heterocycles. The fourth-order valence-electron chi connectivity index (χ4n) is 1.80. The minimum atomic E-state index is -0.384. The zero-order valence-corrected chi connectivity index (χ0v) is 8.98. The largest absolute Gasteiger partial charge is 0.397 e. The van der Waals surface area contributed by atoms with Crippen LogP contribution >= 0.6 is 0 Å². The third-order valence-corrected chi connectivity index (χ3v) is 2.67. The molecule has 0 radical (unpaired) electrons. The van der Waals surface area contributed by atoms with Crippen LogP contribution in [0.2, 0.25) is 0 Å². The molecular formula is C11H15N3O2. The van der Waals surface area contributed by atoms with E-state index in [-0.39, 0.29) is 17.7 Å². The molecule has 86 valence electrons. The third-order valence-electron chi connectivity index (χ3n) is 2.67. The molecule has 0 aliphatic heterocycles. The van der Waals surface area contributed by atoms with Gasteiger partial charge in [-0.1, -0.05) is 12.8 Å². The number of nitrogen functional groups attached to an aromatic ring is 1. The van der Waals surface area contributed by atoms with Crippen LogP contribution in [-0.4, -0.2) is 17.0 Å². The maximum Gasteiger partial charge on any atom is 0.295 e. The average Bonchev–Trinajstić information content (AvgIpc) is 2.79. The Kier molecular flexibility index (Phi) is 3.36. The fraction of sp³-hybridized carbons (Fsp3) is 0.455. The molecule has 0 bridgehead atoms. The van der Waals surface area contributed by atoms with Gasteiger partial charge in [-0.2, -0.15) is 0 Å². The van der Waals surface area contributed by atoms with Crippen LogP contribution in [0, 0.1) is 0 Å². The summed E-state index contributed by atoms with van der Waals surface area (Å²) in [4.78, 5) is 20.8. The summed E-state index contributed by atoms with van der Waals surface area (Å²) in [5.74, 6) is -0.384. The molecule has 0 aromatic carbocycles. The molecule has 0 spiro atoms. The van der Waals surface area contributed by atoms with E-state index in [2.05, 4.69) is 10.5 Å². The van der Waals surface area contributed by atoms with E-state index < -0.39 is 0 Å². The van der Waals surface area contributed by atoms with Crippen LogP contribution in [-0.2, 0) is 4.84 Å². The van der Waals surface area contributed by atoms with E-state index in [1.807, 2.05) is 0 Å². The third kappa shape index (κ3) is 2.49. The molecule has 3 N–H and O–H groups in total. The van der Waals surface area contributed by atoms with Crippen LogP contribution in [0.15, 0.2) is 18.3 Å². The lowest BCUT2D eigenvalue weighted by Gasteiger charge is -2.11. The van der Waals surface area contributed by atoms with E-state index in [0.29, 0.717) is 5.69 Å². The molecule has 0 saturated heterocycles. The van der Waals surface area contributed by atoms with E-state index in [4.69, 9.17) is 10.6 Å². The monoisotopic (exact) mass is 221 g/mol. The maximum atomic E-state index is 11.6. The summed E-state index contributed by atoms with van der Waals surface area (Å²) in [6.45, 7) is 0. The van der Waals surface area contributed by atoms with Crippen LogP contribution in [0.25, 0.3) is 0 Å². The first-order valence-corrected chi connectivity index (χ1v) is 5.44. The number of hydrogen-bond donors (Lipinski definition) is 2. The number of amides is 1. The molecule has 1 aliphatic rings. The highest BCUT2D eigenvalue weighted by molar-refractivity contribution is 5.96. The fourth-order valence-corrected chi connectivity index (χ4v) is 1.80. The number of pyridine rings is 1. The van der Waals surface area contributed by atoms with Crippen molar-refractivity contribution in [2.24, 2.45) is 0 Å². The second-order valence-corrected chi connectivity index (χ2v) is 3.90. The second-order valence-electron chi connectivity index (χ2n) is 3.90. The molecule has 1 aliphatic carbocycles. The molecule has 0 atom stereocenters. The Morgan fingerprint density at radius 1 is 1.50 bits per heavy atom. The second kappa shape index (κ2) is 4.94. The van der Waals surface area contributed by atoms with Gasteiger partial charge in [0.1, 0.15) is 0 Å². The topological polar surface area (TPSA) is 77.2 Å². The van der Waals surface area contributed by atoms with E-state index in [1.54, 1.807) is 12.1 Å².